The molecule has 0 saturated heterocycles. The van der Waals surface area contributed by atoms with Crippen LogP contribution in [0.4, 0.5) is 0 Å². The maximum atomic E-state index is 12.5. The lowest BCUT2D eigenvalue weighted by Crippen LogP contribution is -2.29. The Morgan fingerprint density at radius 3 is 2.56 bits per heavy atom. The van der Waals surface area contributed by atoms with Gasteiger partial charge in [0.05, 0.1) is 29.0 Å². The lowest BCUT2D eigenvalue weighted by molar-refractivity contribution is 0.0710. The number of phenols is 1. The van der Waals surface area contributed by atoms with Crippen LogP contribution in [-0.2, 0) is 0 Å². The van der Waals surface area contributed by atoms with Crippen molar-refractivity contribution in [1.29, 1.82) is 5.26 Å². The first-order chi connectivity index (χ1) is 13.0. The van der Waals surface area contributed by atoms with Crippen LogP contribution in [0.1, 0.15) is 33.2 Å². The van der Waals surface area contributed by atoms with Crippen molar-refractivity contribution >= 4 is 11.7 Å². The molecular formula is C20H15N3O4. The Balaban J connectivity index is 1.73. The van der Waals surface area contributed by atoms with Crippen molar-refractivity contribution in [2.45, 2.75) is 13.0 Å². The van der Waals surface area contributed by atoms with Gasteiger partial charge in [0.2, 0.25) is 0 Å². The minimum Gasteiger partial charge on any atom is -0.507 e. The number of para-hydroxylation sites is 1. The summed E-state index contributed by atoms with van der Waals surface area (Å²) in [6.45, 7) is 1.56. The monoisotopic (exact) mass is 361 g/mol. The second-order valence-electron chi connectivity index (χ2n) is 5.75. The van der Waals surface area contributed by atoms with E-state index in [-0.39, 0.29) is 16.9 Å². The van der Waals surface area contributed by atoms with Crippen molar-refractivity contribution in [3.8, 4) is 17.6 Å². The topological polar surface area (TPSA) is 105 Å². The Morgan fingerprint density at radius 2 is 1.89 bits per heavy atom. The number of ether oxygens (including phenoxy) is 1. The van der Waals surface area contributed by atoms with Crippen LogP contribution in [0.2, 0.25) is 0 Å². The number of nitriles is 1. The summed E-state index contributed by atoms with van der Waals surface area (Å²) in [4.78, 5) is 24.9. The number of ketones is 1. The standard InChI is InChI=1S/C20H15N3O4/c1-13(27-16-8-6-14(10-21)7-9-16)20(26)23-12-15(11-22-23)19(25)17-4-2-3-5-18(17)24/h2-9,11-13,24H,1H3. The van der Waals surface area contributed by atoms with E-state index in [1.165, 1.54) is 24.5 Å². The minimum atomic E-state index is -0.856. The summed E-state index contributed by atoms with van der Waals surface area (Å²) in [5, 5.41) is 22.5. The number of rotatable bonds is 5. The van der Waals surface area contributed by atoms with E-state index in [2.05, 4.69) is 5.10 Å². The van der Waals surface area contributed by atoms with Gasteiger partial charge >= 0.3 is 0 Å². The molecule has 0 amide bonds. The zero-order valence-corrected chi connectivity index (χ0v) is 14.4. The van der Waals surface area contributed by atoms with Crippen molar-refractivity contribution in [1.82, 2.24) is 9.78 Å². The largest absolute Gasteiger partial charge is 0.507 e. The molecular weight excluding hydrogens is 346 g/mol. The molecule has 1 atom stereocenters. The van der Waals surface area contributed by atoms with Gasteiger partial charge in [-0.15, -0.1) is 0 Å². The third-order valence-corrected chi connectivity index (χ3v) is 3.86. The molecule has 0 aliphatic rings. The van der Waals surface area contributed by atoms with Gasteiger partial charge in [0.15, 0.2) is 11.9 Å². The fourth-order valence-electron chi connectivity index (χ4n) is 2.43. The van der Waals surface area contributed by atoms with E-state index in [4.69, 9.17) is 10.00 Å². The first kappa shape index (κ1) is 17.9. The first-order valence-electron chi connectivity index (χ1n) is 8.08. The van der Waals surface area contributed by atoms with Gasteiger partial charge in [0.25, 0.3) is 5.91 Å². The summed E-state index contributed by atoms with van der Waals surface area (Å²) < 4.78 is 6.59. The number of carbonyl (C=O) groups excluding carboxylic acids is 2. The third-order valence-electron chi connectivity index (χ3n) is 3.86. The van der Waals surface area contributed by atoms with Crippen LogP contribution in [0.25, 0.3) is 0 Å². The zero-order valence-electron chi connectivity index (χ0n) is 14.4. The van der Waals surface area contributed by atoms with E-state index >= 15 is 0 Å². The van der Waals surface area contributed by atoms with E-state index in [9.17, 15) is 14.7 Å². The third kappa shape index (κ3) is 3.85. The van der Waals surface area contributed by atoms with Gasteiger partial charge in [-0.05, 0) is 43.3 Å². The van der Waals surface area contributed by atoms with Crippen LogP contribution in [0.5, 0.6) is 11.5 Å². The number of aromatic nitrogens is 2. The van der Waals surface area contributed by atoms with E-state index in [0.29, 0.717) is 11.3 Å². The molecule has 0 aliphatic carbocycles. The van der Waals surface area contributed by atoms with Crippen LogP contribution in [0.3, 0.4) is 0 Å². The molecule has 0 radical (unpaired) electrons. The van der Waals surface area contributed by atoms with Gasteiger partial charge in [-0.3, -0.25) is 9.59 Å². The zero-order chi connectivity index (χ0) is 19.4. The molecule has 7 nitrogen and oxygen atoms in total. The van der Waals surface area contributed by atoms with Crippen LogP contribution in [0, 0.1) is 11.3 Å². The summed E-state index contributed by atoms with van der Waals surface area (Å²) >= 11 is 0. The number of benzene rings is 2. The highest BCUT2D eigenvalue weighted by Gasteiger charge is 2.21. The Labute approximate surface area is 155 Å². The summed E-state index contributed by atoms with van der Waals surface area (Å²) in [5.74, 6) is -0.602. The molecule has 3 rings (SSSR count). The number of phenolic OH excluding ortho intramolecular Hbond substituents is 1. The molecule has 27 heavy (non-hydrogen) atoms. The molecule has 134 valence electrons. The van der Waals surface area contributed by atoms with E-state index in [1.54, 1.807) is 43.3 Å². The van der Waals surface area contributed by atoms with E-state index in [0.717, 1.165) is 4.68 Å². The summed E-state index contributed by atoms with van der Waals surface area (Å²) in [5.41, 5.74) is 0.794. The first-order valence-corrected chi connectivity index (χ1v) is 8.08. The molecule has 0 saturated carbocycles. The van der Waals surface area contributed by atoms with Crippen LogP contribution >= 0.6 is 0 Å². The second kappa shape index (κ2) is 7.54. The van der Waals surface area contributed by atoms with Gasteiger partial charge in [0, 0.05) is 6.20 Å². The average molecular weight is 361 g/mol. The normalized spacial score (nSPS) is 11.4. The van der Waals surface area contributed by atoms with Gasteiger partial charge in [-0.1, -0.05) is 12.1 Å². The maximum absolute atomic E-state index is 12.5. The number of aromatic hydroxyl groups is 1. The smallest absolute Gasteiger partial charge is 0.287 e. The van der Waals surface area contributed by atoms with Crippen molar-refractivity contribution in [3.05, 3.63) is 77.6 Å². The van der Waals surface area contributed by atoms with Crippen molar-refractivity contribution in [2.24, 2.45) is 0 Å². The molecule has 0 fully saturated rings. The highest BCUT2D eigenvalue weighted by molar-refractivity contribution is 6.10. The Bertz CT molecular complexity index is 1030. The number of nitrogens with zero attached hydrogens (tertiary/aromatic N) is 3. The summed E-state index contributed by atoms with van der Waals surface area (Å²) in [7, 11) is 0. The molecule has 0 aliphatic heterocycles. The van der Waals surface area contributed by atoms with Gasteiger partial charge in [-0.25, -0.2) is 4.68 Å². The molecule has 1 unspecified atom stereocenters. The van der Waals surface area contributed by atoms with Crippen molar-refractivity contribution in [3.63, 3.8) is 0 Å². The highest BCUT2D eigenvalue weighted by Crippen LogP contribution is 2.20. The van der Waals surface area contributed by atoms with Crippen LogP contribution in [0.15, 0.2) is 60.9 Å². The highest BCUT2D eigenvalue weighted by atomic mass is 16.5. The maximum Gasteiger partial charge on any atom is 0.287 e. The minimum absolute atomic E-state index is 0.131. The molecule has 7 heteroatoms. The summed E-state index contributed by atoms with van der Waals surface area (Å²) in [6.07, 6.45) is 1.71. The van der Waals surface area contributed by atoms with E-state index in [1.807, 2.05) is 6.07 Å². The molecule has 0 bridgehead atoms. The molecule has 1 heterocycles. The van der Waals surface area contributed by atoms with Crippen molar-refractivity contribution < 1.29 is 19.4 Å². The number of hydrogen-bond acceptors (Lipinski definition) is 6. The number of carbonyl (C=O) groups is 2. The molecule has 3 aromatic rings. The fourth-order valence-corrected chi connectivity index (χ4v) is 2.43. The molecule has 1 N–H and O–H groups in total. The van der Waals surface area contributed by atoms with Crippen LogP contribution < -0.4 is 4.74 Å². The quantitative estimate of drug-likeness (QED) is 0.701. The second-order valence-corrected chi connectivity index (χ2v) is 5.75. The average Bonchev–Trinajstić information content (AvgIpc) is 3.18. The predicted molar refractivity (Wildman–Crippen MR) is 95.6 cm³/mol. The van der Waals surface area contributed by atoms with Gasteiger partial charge < -0.3 is 9.84 Å². The predicted octanol–water partition coefficient (Wildman–Crippen LogP) is 2.80. The van der Waals surface area contributed by atoms with Crippen molar-refractivity contribution in [2.75, 3.05) is 0 Å². The van der Waals surface area contributed by atoms with Gasteiger partial charge in [0.1, 0.15) is 11.5 Å². The Morgan fingerprint density at radius 1 is 1.19 bits per heavy atom. The van der Waals surface area contributed by atoms with E-state index < -0.39 is 17.8 Å². The Hall–Kier alpha value is -3.92. The summed E-state index contributed by atoms with van der Waals surface area (Å²) in [6, 6.07) is 14.5. The Kier molecular flexibility index (Phi) is 4.99. The lowest BCUT2D eigenvalue weighted by atomic mass is 10.1. The molecule has 2 aromatic carbocycles. The lowest BCUT2D eigenvalue weighted by Gasteiger charge is -2.13. The van der Waals surface area contributed by atoms with Gasteiger partial charge in [-0.2, -0.15) is 10.4 Å². The SMILES string of the molecule is CC(Oc1ccc(C#N)cc1)C(=O)n1cc(C(=O)c2ccccc2O)cn1. The number of hydrogen-bond donors (Lipinski definition) is 1. The van der Waals surface area contributed by atoms with Crippen LogP contribution in [-0.4, -0.2) is 32.7 Å². The fraction of sp³-hybridized carbons (Fsp3) is 0.100. The molecule has 0 spiro atoms. The molecule has 1 aromatic heterocycles.